The zero-order valence-electron chi connectivity index (χ0n) is 16.2. The molecular weight excluding hydrogens is 395 g/mol. The summed E-state index contributed by atoms with van der Waals surface area (Å²) in [6.07, 6.45) is 2.19. The Kier molecular flexibility index (Phi) is 4.93. The average Bonchev–Trinajstić information content (AvgIpc) is 3.43. The van der Waals surface area contributed by atoms with Gasteiger partial charge in [0.25, 0.3) is 5.91 Å². The highest BCUT2D eigenvalue weighted by molar-refractivity contribution is 8.00. The first-order valence-electron chi connectivity index (χ1n) is 10.0. The van der Waals surface area contributed by atoms with E-state index in [4.69, 9.17) is 9.47 Å². The van der Waals surface area contributed by atoms with Gasteiger partial charge in [0.1, 0.15) is 11.1 Å². The second kappa shape index (κ2) is 7.46. The largest absolute Gasteiger partial charge is 0.347 e. The fourth-order valence-corrected chi connectivity index (χ4v) is 5.63. The van der Waals surface area contributed by atoms with Crippen LogP contribution in [0, 0.1) is 5.82 Å². The molecule has 0 bridgehead atoms. The molecule has 0 radical (unpaired) electrons. The predicted molar refractivity (Wildman–Crippen MR) is 104 cm³/mol. The van der Waals surface area contributed by atoms with Crippen molar-refractivity contribution in [1.29, 1.82) is 0 Å². The minimum Gasteiger partial charge on any atom is -0.347 e. The fourth-order valence-electron chi connectivity index (χ4n) is 4.36. The molecule has 3 aliphatic rings. The molecule has 0 amide bonds. The van der Waals surface area contributed by atoms with Crippen molar-refractivity contribution in [3.63, 3.8) is 0 Å². The number of hydrogen-bond acceptors (Lipinski definition) is 7. The summed E-state index contributed by atoms with van der Waals surface area (Å²) in [4.78, 5) is 20.0. The third-order valence-corrected chi connectivity index (χ3v) is 7.08. The van der Waals surface area contributed by atoms with Gasteiger partial charge in [-0.2, -0.15) is 4.68 Å². The molecule has 5 rings (SSSR count). The van der Waals surface area contributed by atoms with Gasteiger partial charge in [-0.25, -0.2) is 9.37 Å². The average molecular weight is 418 g/mol. The first kappa shape index (κ1) is 19.2. The number of carbonyl (C=O) groups is 1. The number of rotatable bonds is 4. The van der Waals surface area contributed by atoms with Crippen molar-refractivity contribution in [1.82, 2.24) is 19.7 Å². The number of halogens is 1. The Balaban J connectivity index is 1.43. The molecule has 2 fully saturated rings. The van der Waals surface area contributed by atoms with Crippen molar-refractivity contribution >= 4 is 17.7 Å². The quantitative estimate of drug-likeness (QED) is 0.756. The van der Waals surface area contributed by atoms with Crippen molar-refractivity contribution in [2.75, 3.05) is 26.3 Å². The third-order valence-electron chi connectivity index (χ3n) is 5.89. The van der Waals surface area contributed by atoms with E-state index in [-0.39, 0.29) is 23.0 Å². The van der Waals surface area contributed by atoms with E-state index in [2.05, 4.69) is 15.0 Å². The van der Waals surface area contributed by atoms with Gasteiger partial charge in [0.15, 0.2) is 16.8 Å². The lowest BCUT2D eigenvalue weighted by Gasteiger charge is -2.42. The number of ether oxygens (including phenoxy) is 2. The summed E-state index contributed by atoms with van der Waals surface area (Å²) < 4.78 is 26.7. The summed E-state index contributed by atoms with van der Waals surface area (Å²) in [6, 6.07) is 6.25. The number of nitrogens with zero attached hydrogens (tertiary/aromatic N) is 4. The number of aromatic nitrogens is 3. The van der Waals surface area contributed by atoms with Crippen LogP contribution in [0.2, 0.25) is 0 Å². The molecule has 2 atom stereocenters. The highest BCUT2D eigenvalue weighted by Gasteiger charge is 2.47. The first-order valence-corrected chi connectivity index (χ1v) is 10.9. The molecule has 9 heteroatoms. The number of thioether (sulfide) groups is 1. The topological polar surface area (TPSA) is 69.5 Å². The molecule has 4 heterocycles. The summed E-state index contributed by atoms with van der Waals surface area (Å²) in [5.41, 5.74) is 0.919. The molecule has 1 aromatic heterocycles. The van der Waals surface area contributed by atoms with Gasteiger partial charge in [-0.1, -0.05) is 30.8 Å². The maximum Gasteiger partial charge on any atom is 0.264 e. The minimum atomic E-state index is -0.485. The smallest absolute Gasteiger partial charge is 0.264 e. The van der Waals surface area contributed by atoms with E-state index in [0.29, 0.717) is 30.6 Å². The van der Waals surface area contributed by atoms with E-state index in [1.807, 2.05) is 6.92 Å². The highest BCUT2D eigenvalue weighted by atomic mass is 32.2. The number of benzene rings is 1. The lowest BCUT2D eigenvalue weighted by molar-refractivity contribution is -0.187. The van der Waals surface area contributed by atoms with Crippen LogP contribution in [0.15, 0.2) is 29.4 Å². The number of hydrogen-bond donors (Lipinski definition) is 0. The van der Waals surface area contributed by atoms with E-state index in [1.165, 1.54) is 28.6 Å². The van der Waals surface area contributed by atoms with Crippen LogP contribution in [0.25, 0.3) is 0 Å². The summed E-state index contributed by atoms with van der Waals surface area (Å²) in [5, 5.41) is 4.61. The van der Waals surface area contributed by atoms with E-state index >= 15 is 0 Å². The molecule has 1 spiro atoms. The molecule has 0 N–H and O–H groups in total. The SMILES string of the molecule is CCc1nc2n(n1)C(=O)C(C(c1ccc(F)cc1)N1CCC3(CC1)OCCO3)S2. The lowest BCUT2D eigenvalue weighted by Crippen LogP contribution is -2.49. The highest BCUT2D eigenvalue weighted by Crippen LogP contribution is 2.43. The Hall–Kier alpha value is -1.81. The molecular formula is C20H23FN4O3S. The standard InChI is InChI=1S/C20H23FN4O3S/c1-2-15-22-19-25(23-15)18(26)17(29-19)16(13-3-5-14(21)6-4-13)24-9-7-20(8-10-24)27-11-12-28-20/h3-6,16-17H,2,7-12H2,1H3. The van der Waals surface area contributed by atoms with Crippen molar-refractivity contribution in [2.24, 2.45) is 0 Å². The number of carbonyl (C=O) groups excluding carboxylic acids is 1. The van der Waals surface area contributed by atoms with Gasteiger partial charge >= 0.3 is 0 Å². The Labute approximate surface area is 172 Å². The molecule has 1 aromatic carbocycles. The second-order valence-electron chi connectivity index (χ2n) is 7.59. The van der Waals surface area contributed by atoms with Crippen LogP contribution in [0.5, 0.6) is 0 Å². The zero-order chi connectivity index (χ0) is 20.0. The molecule has 0 saturated carbocycles. The molecule has 2 unspecified atom stereocenters. The first-order chi connectivity index (χ1) is 14.1. The van der Waals surface area contributed by atoms with E-state index in [0.717, 1.165) is 31.5 Å². The molecule has 2 aromatic rings. The molecule has 7 nitrogen and oxygen atoms in total. The van der Waals surface area contributed by atoms with E-state index in [9.17, 15) is 9.18 Å². The van der Waals surface area contributed by atoms with Gasteiger partial charge < -0.3 is 9.47 Å². The van der Waals surface area contributed by atoms with Gasteiger partial charge in [-0.05, 0) is 17.7 Å². The van der Waals surface area contributed by atoms with Crippen LogP contribution in [0.3, 0.4) is 0 Å². The summed E-state index contributed by atoms with van der Waals surface area (Å²) in [7, 11) is 0. The Bertz CT molecular complexity index is 903. The summed E-state index contributed by atoms with van der Waals surface area (Å²) in [6.45, 7) is 4.70. The predicted octanol–water partition coefficient (Wildman–Crippen LogP) is 2.67. The molecule has 154 valence electrons. The van der Waals surface area contributed by atoms with Gasteiger partial charge in [0, 0.05) is 32.4 Å². The number of likely N-dealkylation sites (tertiary alicyclic amines) is 1. The van der Waals surface area contributed by atoms with Crippen LogP contribution in [-0.2, 0) is 15.9 Å². The second-order valence-corrected chi connectivity index (χ2v) is 8.70. The van der Waals surface area contributed by atoms with Crippen molar-refractivity contribution in [2.45, 2.75) is 48.4 Å². The van der Waals surface area contributed by atoms with Gasteiger partial charge in [0.2, 0.25) is 0 Å². The monoisotopic (exact) mass is 418 g/mol. The van der Waals surface area contributed by atoms with Crippen LogP contribution in [0.4, 0.5) is 4.39 Å². The van der Waals surface area contributed by atoms with Crippen molar-refractivity contribution < 1.29 is 18.7 Å². The molecule has 0 aliphatic carbocycles. The molecule has 3 aliphatic heterocycles. The Morgan fingerprint density at radius 2 is 1.93 bits per heavy atom. The van der Waals surface area contributed by atoms with Crippen LogP contribution in [-0.4, -0.2) is 62.9 Å². The third kappa shape index (κ3) is 3.39. The number of fused-ring (bicyclic) bond motifs is 1. The lowest BCUT2D eigenvalue weighted by atomic mass is 9.96. The maximum atomic E-state index is 13.6. The fraction of sp³-hybridized carbons (Fsp3) is 0.550. The minimum absolute atomic E-state index is 0.0693. The summed E-state index contributed by atoms with van der Waals surface area (Å²) in [5.74, 6) is -0.167. The van der Waals surface area contributed by atoms with Crippen LogP contribution < -0.4 is 0 Å². The molecule has 2 saturated heterocycles. The van der Waals surface area contributed by atoms with Crippen LogP contribution in [0.1, 0.15) is 42.0 Å². The van der Waals surface area contributed by atoms with Gasteiger partial charge in [0.05, 0.1) is 19.3 Å². The Morgan fingerprint density at radius 3 is 2.55 bits per heavy atom. The van der Waals surface area contributed by atoms with Crippen molar-refractivity contribution in [3.05, 3.63) is 41.5 Å². The maximum absolute atomic E-state index is 13.6. The zero-order valence-corrected chi connectivity index (χ0v) is 17.0. The van der Waals surface area contributed by atoms with Crippen molar-refractivity contribution in [3.8, 4) is 0 Å². The number of piperidine rings is 1. The number of aryl methyl sites for hydroxylation is 1. The molecule has 29 heavy (non-hydrogen) atoms. The van der Waals surface area contributed by atoms with E-state index in [1.54, 1.807) is 12.1 Å². The van der Waals surface area contributed by atoms with Crippen LogP contribution >= 0.6 is 11.8 Å². The normalized spacial score (nSPS) is 24.9. The van der Waals surface area contributed by atoms with E-state index < -0.39 is 5.79 Å². The summed E-state index contributed by atoms with van der Waals surface area (Å²) >= 11 is 1.45. The van der Waals surface area contributed by atoms with Gasteiger partial charge in [-0.3, -0.25) is 9.69 Å². The van der Waals surface area contributed by atoms with Gasteiger partial charge in [-0.15, -0.1) is 5.10 Å². The Morgan fingerprint density at radius 1 is 1.24 bits per heavy atom.